The molecule has 0 aromatic carbocycles. The lowest BCUT2D eigenvalue weighted by Crippen LogP contribution is -2.02. The summed E-state index contributed by atoms with van der Waals surface area (Å²) in [4.78, 5) is 0. The minimum absolute atomic E-state index is 0.317. The topological polar surface area (TPSA) is 60.9 Å². The van der Waals surface area contributed by atoms with E-state index in [2.05, 4.69) is 20.4 Å². The Labute approximate surface area is 118 Å². The molecular formula is C11H14F2N6S. The van der Waals surface area contributed by atoms with Crippen molar-refractivity contribution in [1.29, 1.82) is 0 Å². The van der Waals surface area contributed by atoms with E-state index >= 15 is 0 Å². The number of alkyl halides is 2. The highest BCUT2D eigenvalue weighted by molar-refractivity contribution is 7.98. The van der Waals surface area contributed by atoms with Crippen molar-refractivity contribution in [3.05, 3.63) is 23.3 Å². The molecule has 0 saturated carbocycles. The number of halogens is 2. The van der Waals surface area contributed by atoms with E-state index in [0.717, 1.165) is 22.5 Å². The molecule has 108 valence electrons. The van der Waals surface area contributed by atoms with Gasteiger partial charge in [-0.3, -0.25) is 4.68 Å². The summed E-state index contributed by atoms with van der Waals surface area (Å²) in [6, 6.07) is 0. The third-order valence-electron chi connectivity index (χ3n) is 2.77. The summed E-state index contributed by atoms with van der Waals surface area (Å²) in [7, 11) is 0. The predicted octanol–water partition coefficient (Wildman–Crippen LogP) is 2.34. The monoisotopic (exact) mass is 300 g/mol. The van der Waals surface area contributed by atoms with Gasteiger partial charge in [0.1, 0.15) is 0 Å². The van der Waals surface area contributed by atoms with Crippen LogP contribution in [0.4, 0.5) is 8.78 Å². The van der Waals surface area contributed by atoms with E-state index in [0.29, 0.717) is 5.16 Å². The van der Waals surface area contributed by atoms with Gasteiger partial charge in [0, 0.05) is 17.8 Å². The Morgan fingerprint density at radius 3 is 2.75 bits per heavy atom. The zero-order valence-electron chi connectivity index (χ0n) is 11.3. The first-order chi connectivity index (χ1) is 9.58. The van der Waals surface area contributed by atoms with Crippen LogP contribution in [0, 0.1) is 6.92 Å². The lowest BCUT2D eigenvalue weighted by atomic mass is 10.3. The first-order valence-electron chi connectivity index (χ1n) is 5.92. The van der Waals surface area contributed by atoms with Crippen molar-refractivity contribution in [3.8, 4) is 0 Å². The van der Waals surface area contributed by atoms with Gasteiger partial charge in [0.05, 0.1) is 12.4 Å². The third-order valence-corrected chi connectivity index (χ3v) is 3.39. The van der Waals surface area contributed by atoms with Gasteiger partial charge in [0.2, 0.25) is 11.0 Å². The maximum absolute atomic E-state index is 12.8. The molecule has 0 aliphatic heterocycles. The Balaban J connectivity index is 2.35. The molecular weight excluding hydrogens is 286 g/mol. The number of rotatable bonds is 5. The maximum atomic E-state index is 12.8. The molecule has 6 nitrogen and oxygen atoms in total. The molecule has 0 radical (unpaired) electrons. The van der Waals surface area contributed by atoms with Crippen molar-refractivity contribution in [1.82, 2.24) is 24.7 Å². The van der Waals surface area contributed by atoms with Crippen molar-refractivity contribution in [3.63, 3.8) is 0 Å². The Hall–Kier alpha value is -1.77. The second kappa shape index (κ2) is 6.12. The van der Waals surface area contributed by atoms with Gasteiger partial charge < -0.3 is 0 Å². The van der Waals surface area contributed by atoms with E-state index in [1.54, 1.807) is 17.1 Å². The fourth-order valence-electron chi connectivity index (χ4n) is 1.68. The van der Waals surface area contributed by atoms with E-state index in [9.17, 15) is 8.78 Å². The van der Waals surface area contributed by atoms with Gasteiger partial charge in [0.25, 0.3) is 6.43 Å². The van der Waals surface area contributed by atoms with Crippen LogP contribution in [-0.2, 0) is 6.54 Å². The second-order valence-electron chi connectivity index (χ2n) is 3.90. The fraction of sp³-hybridized carbons (Fsp3) is 0.455. The van der Waals surface area contributed by atoms with Crippen LogP contribution in [0.1, 0.15) is 30.4 Å². The Morgan fingerprint density at radius 2 is 2.20 bits per heavy atom. The summed E-state index contributed by atoms with van der Waals surface area (Å²) in [5.41, 5.74) is 1.70. The molecule has 0 aliphatic carbocycles. The van der Waals surface area contributed by atoms with Crippen LogP contribution < -0.4 is 0 Å². The molecule has 0 unspecified atom stereocenters. The maximum Gasteiger partial charge on any atom is 0.299 e. The molecule has 2 rings (SSSR count). The zero-order valence-corrected chi connectivity index (χ0v) is 12.1. The van der Waals surface area contributed by atoms with Gasteiger partial charge in [0.15, 0.2) is 0 Å². The SMILES string of the molecule is CCn1ncc(/C=N/n2c(SC)nnc2C(F)F)c1C. The van der Waals surface area contributed by atoms with Crippen LogP contribution in [-0.4, -0.2) is 37.1 Å². The summed E-state index contributed by atoms with van der Waals surface area (Å²) < 4.78 is 28.5. The second-order valence-corrected chi connectivity index (χ2v) is 4.68. The van der Waals surface area contributed by atoms with E-state index < -0.39 is 12.2 Å². The van der Waals surface area contributed by atoms with Gasteiger partial charge in [-0.15, -0.1) is 10.2 Å². The number of nitrogens with zero attached hydrogens (tertiary/aromatic N) is 6. The number of hydrogen-bond acceptors (Lipinski definition) is 5. The van der Waals surface area contributed by atoms with Gasteiger partial charge in [-0.2, -0.15) is 14.9 Å². The molecule has 2 aromatic rings. The Bertz CT molecular complexity index is 618. The van der Waals surface area contributed by atoms with Crippen LogP contribution in [0.3, 0.4) is 0 Å². The third kappa shape index (κ3) is 2.72. The van der Waals surface area contributed by atoms with Crippen molar-refractivity contribution in [2.75, 3.05) is 6.26 Å². The minimum atomic E-state index is -2.72. The lowest BCUT2D eigenvalue weighted by molar-refractivity contribution is 0.135. The number of thioether (sulfide) groups is 1. The van der Waals surface area contributed by atoms with Crippen molar-refractivity contribution in [2.24, 2.45) is 5.10 Å². The quantitative estimate of drug-likeness (QED) is 0.628. The first kappa shape index (κ1) is 14.6. The number of aromatic nitrogens is 5. The predicted molar refractivity (Wildman–Crippen MR) is 72.4 cm³/mol. The molecule has 0 atom stereocenters. The summed E-state index contributed by atoms with van der Waals surface area (Å²) in [6.07, 6.45) is 2.14. The normalized spacial score (nSPS) is 11.9. The van der Waals surface area contributed by atoms with Gasteiger partial charge in [-0.1, -0.05) is 11.8 Å². The van der Waals surface area contributed by atoms with Crippen molar-refractivity contribution in [2.45, 2.75) is 32.0 Å². The largest absolute Gasteiger partial charge is 0.299 e. The highest BCUT2D eigenvalue weighted by Gasteiger charge is 2.19. The minimum Gasteiger partial charge on any atom is -0.269 e. The van der Waals surface area contributed by atoms with Crippen LogP contribution in [0.15, 0.2) is 16.5 Å². The van der Waals surface area contributed by atoms with Gasteiger partial charge >= 0.3 is 0 Å². The molecule has 2 heterocycles. The van der Waals surface area contributed by atoms with Crippen LogP contribution in [0.25, 0.3) is 0 Å². The molecule has 0 spiro atoms. The highest BCUT2D eigenvalue weighted by atomic mass is 32.2. The number of aryl methyl sites for hydroxylation is 1. The molecule has 0 bridgehead atoms. The highest BCUT2D eigenvalue weighted by Crippen LogP contribution is 2.21. The van der Waals surface area contributed by atoms with E-state index in [1.165, 1.54) is 18.0 Å². The van der Waals surface area contributed by atoms with Gasteiger partial charge in [-0.05, 0) is 20.1 Å². The zero-order chi connectivity index (χ0) is 14.7. The molecule has 0 fully saturated rings. The Kier molecular flexibility index (Phi) is 4.48. The van der Waals surface area contributed by atoms with E-state index in [-0.39, 0.29) is 0 Å². The van der Waals surface area contributed by atoms with E-state index in [4.69, 9.17) is 0 Å². The standard InChI is InChI=1S/C11H14F2N6S/c1-4-18-7(2)8(5-14-18)6-15-19-10(9(12)13)16-17-11(19)20-3/h5-6,9H,4H2,1-3H3/b15-6+. The molecule has 0 N–H and O–H groups in total. The van der Waals surface area contributed by atoms with Crippen molar-refractivity contribution >= 4 is 18.0 Å². The van der Waals surface area contributed by atoms with Crippen LogP contribution >= 0.6 is 11.8 Å². The summed E-state index contributed by atoms with van der Waals surface area (Å²) in [5, 5.41) is 15.7. The smallest absolute Gasteiger partial charge is 0.269 e. The summed E-state index contributed by atoms with van der Waals surface area (Å²) >= 11 is 1.20. The summed E-state index contributed by atoms with van der Waals surface area (Å²) in [6.45, 7) is 4.61. The molecule has 0 amide bonds. The molecule has 0 saturated heterocycles. The van der Waals surface area contributed by atoms with Crippen LogP contribution in [0.2, 0.25) is 0 Å². The lowest BCUT2D eigenvalue weighted by Gasteiger charge is -2.01. The molecule has 2 aromatic heterocycles. The average Bonchev–Trinajstić information content (AvgIpc) is 2.99. The molecule has 0 aliphatic rings. The molecule has 9 heteroatoms. The average molecular weight is 300 g/mol. The van der Waals surface area contributed by atoms with Crippen LogP contribution in [0.5, 0.6) is 0 Å². The Morgan fingerprint density at radius 1 is 1.45 bits per heavy atom. The number of hydrogen-bond donors (Lipinski definition) is 0. The molecule has 20 heavy (non-hydrogen) atoms. The summed E-state index contributed by atoms with van der Waals surface area (Å²) in [5.74, 6) is -0.467. The first-order valence-corrected chi connectivity index (χ1v) is 7.15. The van der Waals surface area contributed by atoms with Crippen molar-refractivity contribution < 1.29 is 8.78 Å². The van der Waals surface area contributed by atoms with Gasteiger partial charge in [-0.25, -0.2) is 8.78 Å². The fourth-order valence-corrected chi connectivity index (χ4v) is 2.11. The van der Waals surface area contributed by atoms with E-state index in [1.807, 2.05) is 13.8 Å².